The van der Waals surface area contributed by atoms with Crippen LogP contribution in [0.3, 0.4) is 0 Å². The van der Waals surface area contributed by atoms with Crippen molar-refractivity contribution >= 4 is 11.6 Å². The Bertz CT molecular complexity index is 302. The van der Waals surface area contributed by atoms with Crippen LogP contribution in [0.15, 0.2) is 18.2 Å². The van der Waals surface area contributed by atoms with E-state index in [4.69, 9.17) is 11.6 Å². The number of alkyl halides is 1. The summed E-state index contributed by atoms with van der Waals surface area (Å²) in [6, 6.07) is 3.65. The van der Waals surface area contributed by atoms with E-state index in [1.165, 1.54) is 6.07 Å². The Balaban J connectivity index is 2.97. The first kappa shape index (κ1) is 10.4. The van der Waals surface area contributed by atoms with Gasteiger partial charge in [0.25, 0.3) is 0 Å². The Morgan fingerprint density at radius 1 is 1.23 bits per heavy atom. The summed E-state index contributed by atoms with van der Waals surface area (Å²) in [6.45, 7) is 0. The highest BCUT2D eigenvalue weighted by molar-refractivity contribution is 6.20. The summed E-state index contributed by atoms with van der Waals surface area (Å²) in [7, 11) is 3.53. The van der Waals surface area contributed by atoms with Gasteiger partial charge in [0.05, 0.1) is 0 Å². The molecule has 0 aliphatic rings. The van der Waals surface area contributed by atoms with Gasteiger partial charge in [-0.1, -0.05) is 6.07 Å². The zero-order chi connectivity index (χ0) is 10.0. The monoisotopic (exact) mass is 205 g/mol. The summed E-state index contributed by atoms with van der Waals surface area (Å²) >= 11 is 5.90. The van der Waals surface area contributed by atoms with Gasteiger partial charge in [0, 0.05) is 0 Å². The number of hydrogen-bond donors (Lipinski definition) is 0. The minimum absolute atomic E-state index is 0.435. The average molecular weight is 206 g/mol. The fourth-order valence-corrected chi connectivity index (χ4v) is 1.09. The van der Waals surface area contributed by atoms with Gasteiger partial charge in [-0.15, -0.1) is 11.6 Å². The van der Waals surface area contributed by atoms with Crippen molar-refractivity contribution in [2.24, 2.45) is 0 Å². The van der Waals surface area contributed by atoms with Crippen LogP contribution >= 0.6 is 11.6 Å². The van der Waals surface area contributed by atoms with E-state index in [1.54, 1.807) is 19.0 Å². The Labute approximate surface area is 80.9 Å². The van der Waals surface area contributed by atoms with Crippen molar-refractivity contribution in [3.05, 3.63) is 35.4 Å². The molecule has 0 aliphatic carbocycles. The first-order valence-corrected chi connectivity index (χ1v) is 4.21. The van der Waals surface area contributed by atoms with E-state index in [0.717, 1.165) is 12.1 Å². The van der Waals surface area contributed by atoms with Crippen molar-refractivity contribution in [3.8, 4) is 0 Å². The molecule has 0 aliphatic heterocycles. The second-order valence-corrected chi connectivity index (χ2v) is 3.39. The summed E-state index contributed by atoms with van der Waals surface area (Å²) in [5.74, 6) is -1.73. The maximum absolute atomic E-state index is 12.8. The van der Waals surface area contributed by atoms with Crippen LogP contribution in [0.25, 0.3) is 0 Å². The molecule has 0 aromatic heterocycles. The zero-order valence-electron chi connectivity index (χ0n) is 7.39. The van der Waals surface area contributed by atoms with Crippen molar-refractivity contribution in [1.82, 2.24) is 4.90 Å². The maximum atomic E-state index is 12.8. The first-order valence-electron chi connectivity index (χ1n) is 3.78. The molecule has 1 aromatic carbocycles. The molecule has 1 aromatic rings. The van der Waals surface area contributed by atoms with Crippen molar-refractivity contribution in [3.63, 3.8) is 0 Å². The number of benzene rings is 1. The van der Waals surface area contributed by atoms with Crippen LogP contribution in [-0.2, 0) is 0 Å². The molecule has 4 heteroatoms. The number of rotatable bonds is 2. The average Bonchev–Trinajstić information content (AvgIpc) is 2.08. The lowest BCUT2D eigenvalue weighted by molar-refractivity contribution is 0.382. The maximum Gasteiger partial charge on any atom is 0.159 e. The molecule has 13 heavy (non-hydrogen) atoms. The second kappa shape index (κ2) is 4.03. The van der Waals surface area contributed by atoms with Crippen LogP contribution in [0.2, 0.25) is 0 Å². The molecule has 0 saturated heterocycles. The van der Waals surface area contributed by atoms with E-state index >= 15 is 0 Å². The van der Waals surface area contributed by atoms with Gasteiger partial charge in [0.2, 0.25) is 0 Å². The first-order chi connectivity index (χ1) is 6.02. The van der Waals surface area contributed by atoms with Gasteiger partial charge in [-0.05, 0) is 31.8 Å². The Hall–Kier alpha value is -0.670. The predicted octanol–water partition coefficient (Wildman–Crippen LogP) is 2.76. The van der Waals surface area contributed by atoms with E-state index in [-0.39, 0.29) is 0 Å². The second-order valence-electron chi connectivity index (χ2n) is 2.97. The fraction of sp³-hybridized carbons (Fsp3) is 0.333. The number of hydrogen-bond acceptors (Lipinski definition) is 1. The van der Waals surface area contributed by atoms with Crippen molar-refractivity contribution in [2.75, 3.05) is 14.1 Å². The SMILES string of the molecule is CN(C)C(Cl)c1ccc(F)c(F)c1. The Kier molecular flexibility index (Phi) is 3.22. The molecule has 72 valence electrons. The fourth-order valence-electron chi connectivity index (χ4n) is 0.959. The normalized spacial score (nSPS) is 13.4. The number of halogens is 3. The summed E-state index contributed by atoms with van der Waals surface area (Å²) < 4.78 is 25.3. The number of nitrogens with zero attached hydrogens (tertiary/aromatic N) is 1. The largest absolute Gasteiger partial charge is 0.290 e. The van der Waals surface area contributed by atoms with Crippen molar-refractivity contribution in [2.45, 2.75) is 5.50 Å². The van der Waals surface area contributed by atoms with Crippen LogP contribution < -0.4 is 0 Å². The van der Waals surface area contributed by atoms with Gasteiger partial charge in [-0.25, -0.2) is 8.78 Å². The van der Waals surface area contributed by atoms with Crippen molar-refractivity contribution in [1.29, 1.82) is 0 Å². The molecule has 1 nitrogen and oxygen atoms in total. The quantitative estimate of drug-likeness (QED) is 0.530. The van der Waals surface area contributed by atoms with E-state index < -0.39 is 17.1 Å². The smallest absolute Gasteiger partial charge is 0.159 e. The molecule has 1 rings (SSSR count). The molecular weight excluding hydrogens is 196 g/mol. The standard InChI is InChI=1S/C9H10ClF2N/c1-13(2)9(10)6-3-4-7(11)8(12)5-6/h3-5,9H,1-2H3. The third kappa shape index (κ3) is 2.39. The van der Waals surface area contributed by atoms with E-state index in [2.05, 4.69) is 0 Å². The van der Waals surface area contributed by atoms with Gasteiger partial charge in [0.1, 0.15) is 5.50 Å². The molecular formula is C9H10ClF2N. The third-order valence-electron chi connectivity index (χ3n) is 1.67. The molecule has 1 unspecified atom stereocenters. The molecule has 0 N–H and O–H groups in total. The summed E-state index contributed by atoms with van der Waals surface area (Å²) in [5, 5.41) is 0. The molecule has 0 heterocycles. The van der Waals surface area contributed by atoms with Crippen LogP contribution in [-0.4, -0.2) is 19.0 Å². The van der Waals surface area contributed by atoms with Gasteiger partial charge in [-0.3, -0.25) is 4.90 Å². The lowest BCUT2D eigenvalue weighted by Crippen LogP contribution is -2.14. The van der Waals surface area contributed by atoms with E-state index in [0.29, 0.717) is 5.56 Å². The molecule has 0 bridgehead atoms. The van der Waals surface area contributed by atoms with Crippen LogP contribution in [0.4, 0.5) is 8.78 Å². The Morgan fingerprint density at radius 2 is 1.85 bits per heavy atom. The van der Waals surface area contributed by atoms with E-state index in [1.807, 2.05) is 0 Å². The summed E-state index contributed by atoms with van der Waals surface area (Å²) in [5.41, 5.74) is 0.112. The highest BCUT2D eigenvalue weighted by Crippen LogP contribution is 2.23. The highest BCUT2D eigenvalue weighted by atomic mass is 35.5. The van der Waals surface area contributed by atoms with Gasteiger partial charge >= 0.3 is 0 Å². The zero-order valence-corrected chi connectivity index (χ0v) is 8.15. The van der Waals surface area contributed by atoms with Gasteiger partial charge in [0.15, 0.2) is 11.6 Å². The topological polar surface area (TPSA) is 3.24 Å². The lowest BCUT2D eigenvalue weighted by Gasteiger charge is -2.17. The summed E-state index contributed by atoms with van der Waals surface area (Å²) in [4.78, 5) is 1.70. The molecule has 0 saturated carbocycles. The molecule has 0 spiro atoms. The van der Waals surface area contributed by atoms with Gasteiger partial charge < -0.3 is 0 Å². The lowest BCUT2D eigenvalue weighted by atomic mass is 10.2. The van der Waals surface area contributed by atoms with E-state index in [9.17, 15) is 8.78 Å². The van der Waals surface area contributed by atoms with Crippen LogP contribution in [0.1, 0.15) is 11.1 Å². The summed E-state index contributed by atoms with van der Waals surface area (Å²) in [6.07, 6.45) is 0. The highest BCUT2D eigenvalue weighted by Gasteiger charge is 2.12. The third-order valence-corrected chi connectivity index (χ3v) is 2.31. The van der Waals surface area contributed by atoms with Crippen LogP contribution in [0.5, 0.6) is 0 Å². The van der Waals surface area contributed by atoms with Crippen molar-refractivity contribution < 1.29 is 8.78 Å². The Morgan fingerprint density at radius 3 is 2.31 bits per heavy atom. The molecule has 1 atom stereocenters. The van der Waals surface area contributed by atoms with Crippen LogP contribution in [0, 0.1) is 11.6 Å². The van der Waals surface area contributed by atoms with Gasteiger partial charge in [-0.2, -0.15) is 0 Å². The molecule has 0 fully saturated rings. The minimum Gasteiger partial charge on any atom is -0.290 e. The predicted molar refractivity (Wildman–Crippen MR) is 48.6 cm³/mol. The minimum atomic E-state index is -0.870. The molecule has 0 amide bonds. The molecule has 0 radical (unpaired) electrons.